The molecule has 0 aromatic heterocycles. The molecule has 1 atom stereocenters. The van der Waals surface area contributed by atoms with Crippen molar-refractivity contribution in [3.8, 4) is 5.75 Å². The number of ether oxygens (including phenoxy) is 2. The lowest BCUT2D eigenvalue weighted by molar-refractivity contribution is -0.386. The molecule has 0 spiro atoms. The van der Waals surface area contributed by atoms with Crippen LogP contribution < -0.4 is 4.74 Å². The molecule has 1 aliphatic rings. The van der Waals surface area contributed by atoms with E-state index in [1.54, 1.807) is 12.1 Å². The van der Waals surface area contributed by atoms with Crippen molar-refractivity contribution >= 4 is 21.6 Å². The normalized spacial score (nSPS) is 18.9. The zero-order valence-corrected chi connectivity index (χ0v) is 11.1. The molecule has 0 saturated carbocycles. The molecule has 17 heavy (non-hydrogen) atoms. The van der Waals surface area contributed by atoms with Crippen LogP contribution in [-0.2, 0) is 4.74 Å². The van der Waals surface area contributed by atoms with E-state index in [2.05, 4.69) is 15.9 Å². The van der Waals surface area contributed by atoms with Gasteiger partial charge in [-0.2, -0.15) is 0 Å². The average Bonchev–Trinajstić information content (AvgIpc) is 2.99. The summed E-state index contributed by atoms with van der Waals surface area (Å²) >= 11 is 3.27. The standard InChI is InChI=1S/C11H12BrNO4/c1-11(2,10-6-16-10)17-9-5-7(12)3-4-8(9)13(14)15/h3-5,10H,6H2,1-2H3. The van der Waals surface area contributed by atoms with Crippen LogP contribution in [0.15, 0.2) is 22.7 Å². The van der Waals surface area contributed by atoms with Crippen LogP contribution in [0.5, 0.6) is 5.75 Å². The third-order valence-corrected chi connectivity index (χ3v) is 3.09. The van der Waals surface area contributed by atoms with Gasteiger partial charge in [0.25, 0.3) is 0 Å². The van der Waals surface area contributed by atoms with Gasteiger partial charge in [-0.1, -0.05) is 15.9 Å². The van der Waals surface area contributed by atoms with Crippen molar-refractivity contribution in [3.63, 3.8) is 0 Å². The molecule has 1 heterocycles. The summed E-state index contributed by atoms with van der Waals surface area (Å²) in [4.78, 5) is 10.4. The largest absolute Gasteiger partial charge is 0.478 e. The zero-order chi connectivity index (χ0) is 12.6. The van der Waals surface area contributed by atoms with Crippen molar-refractivity contribution in [2.24, 2.45) is 0 Å². The summed E-state index contributed by atoms with van der Waals surface area (Å²) in [6.07, 6.45) is 0.00101. The first-order valence-electron chi connectivity index (χ1n) is 5.15. The minimum Gasteiger partial charge on any atom is -0.478 e. The van der Waals surface area contributed by atoms with E-state index in [0.29, 0.717) is 6.61 Å². The highest BCUT2D eigenvalue weighted by atomic mass is 79.9. The molecule has 1 aromatic carbocycles. The molecule has 1 unspecified atom stereocenters. The lowest BCUT2D eigenvalue weighted by Gasteiger charge is -2.24. The summed E-state index contributed by atoms with van der Waals surface area (Å²) in [6, 6.07) is 4.64. The number of epoxide rings is 1. The second-order valence-corrected chi connectivity index (χ2v) is 5.31. The molecule has 1 saturated heterocycles. The van der Waals surface area contributed by atoms with E-state index in [1.165, 1.54) is 6.07 Å². The smallest absolute Gasteiger partial charge is 0.311 e. The minimum atomic E-state index is -0.564. The van der Waals surface area contributed by atoms with Crippen LogP contribution in [-0.4, -0.2) is 23.2 Å². The van der Waals surface area contributed by atoms with Crippen LogP contribution in [0, 0.1) is 10.1 Å². The molecule has 0 bridgehead atoms. The first-order chi connectivity index (χ1) is 7.90. The summed E-state index contributed by atoms with van der Waals surface area (Å²) in [5, 5.41) is 10.9. The number of halogens is 1. The number of nitro benzene ring substituents is 1. The van der Waals surface area contributed by atoms with Crippen molar-refractivity contribution in [2.45, 2.75) is 25.6 Å². The van der Waals surface area contributed by atoms with Crippen molar-refractivity contribution < 1.29 is 14.4 Å². The minimum absolute atomic E-state index is 0.00101. The van der Waals surface area contributed by atoms with Gasteiger partial charge in [0.1, 0.15) is 11.7 Å². The Morgan fingerprint density at radius 3 is 2.76 bits per heavy atom. The Hall–Kier alpha value is -1.14. The molecular formula is C11H12BrNO4. The Morgan fingerprint density at radius 2 is 2.24 bits per heavy atom. The van der Waals surface area contributed by atoms with Crippen LogP contribution >= 0.6 is 15.9 Å². The molecule has 92 valence electrons. The summed E-state index contributed by atoms with van der Waals surface area (Å²) in [6.45, 7) is 4.35. The predicted octanol–water partition coefficient (Wildman–Crippen LogP) is 2.91. The van der Waals surface area contributed by atoms with Gasteiger partial charge in [0.05, 0.1) is 11.5 Å². The number of benzene rings is 1. The predicted molar refractivity (Wildman–Crippen MR) is 65.2 cm³/mol. The van der Waals surface area contributed by atoms with Crippen molar-refractivity contribution in [1.82, 2.24) is 0 Å². The second kappa shape index (κ2) is 4.27. The lowest BCUT2D eigenvalue weighted by atomic mass is 10.1. The SMILES string of the molecule is CC(C)(Oc1cc(Br)ccc1[N+](=O)[O-])C1CO1. The number of hydrogen-bond donors (Lipinski definition) is 0. The third-order valence-electron chi connectivity index (χ3n) is 2.60. The topological polar surface area (TPSA) is 64.9 Å². The Bertz CT molecular complexity index is 457. The maximum absolute atomic E-state index is 10.9. The van der Waals surface area contributed by atoms with Crippen molar-refractivity contribution in [2.75, 3.05) is 6.61 Å². The third kappa shape index (κ3) is 2.76. The molecular weight excluding hydrogens is 290 g/mol. The highest BCUT2D eigenvalue weighted by Crippen LogP contribution is 2.36. The van der Waals surface area contributed by atoms with Gasteiger partial charge in [-0.05, 0) is 19.9 Å². The quantitative estimate of drug-likeness (QED) is 0.487. The van der Waals surface area contributed by atoms with Gasteiger partial charge in [-0.25, -0.2) is 0 Å². The average molecular weight is 302 g/mol. The molecule has 1 aliphatic heterocycles. The Kier molecular flexibility index (Phi) is 3.09. The molecule has 1 fully saturated rings. The van der Waals surface area contributed by atoms with E-state index in [4.69, 9.17) is 9.47 Å². The first-order valence-corrected chi connectivity index (χ1v) is 5.94. The highest BCUT2D eigenvalue weighted by molar-refractivity contribution is 9.10. The van der Waals surface area contributed by atoms with E-state index in [9.17, 15) is 10.1 Å². The molecule has 0 amide bonds. The lowest BCUT2D eigenvalue weighted by Crippen LogP contribution is -2.35. The van der Waals surface area contributed by atoms with Gasteiger partial charge in [0, 0.05) is 16.6 Å². The molecule has 0 N–H and O–H groups in total. The van der Waals surface area contributed by atoms with Crippen LogP contribution in [0.2, 0.25) is 0 Å². The molecule has 0 aliphatic carbocycles. The van der Waals surface area contributed by atoms with E-state index < -0.39 is 10.5 Å². The second-order valence-electron chi connectivity index (χ2n) is 4.40. The number of nitro groups is 1. The monoisotopic (exact) mass is 301 g/mol. The van der Waals surface area contributed by atoms with Gasteiger partial charge in [-0.3, -0.25) is 10.1 Å². The highest BCUT2D eigenvalue weighted by Gasteiger charge is 2.42. The van der Waals surface area contributed by atoms with E-state index in [-0.39, 0.29) is 17.5 Å². The molecule has 6 heteroatoms. The van der Waals surface area contributed by atoms with Crippen LogP contribution in [0.3, 0.4) is 0 Å². The maximum Gasteiger partial charge on any atom is 0.311 e. The summed E-state index contributed by atoms with van der Waals surface area (Å²) in [7, 11) is 0. The fraction of sp³-hybridized carbons (Fsp3) is 0.455. The van der Waals surface area contributed by atoms with Gasteiger partial charge < -0.3 is 9.47 Å². The number of hydrogen-bond acceptors (Lipinski definition) is 4. The summed E-state index contributed by atoms with van der Waals surface area (Å²) < 4.78 is 11.6. The van der Waals surface area contributed by atoms with Gasteiger partial charge in [-0.15, -0.1) is 0 Å². The Balaban J connectivity index is 2.30. The zero-order valence-electron chi connectivity index (χ0n) is 9.47. The van der Waals surface area contributed by atoms with E-state index in [1.807, 2.05) is 13.8 Å². The van der Waals surface area contributed by atoms with Gasteiger partial charge in [0.2, 0.25) is 0 Å². The number of nitrogens with zero attached hydrogens (tertiary/aromatic N) is 1. The summed E-state index contributed by atoms with van der Waals surface area (Å²) in [5.74, 6) is 0.255. The Labute approximate surface area is 107 Å². The molecule has 5 nitrogen and oxygen atoms in total. The fourth-order valence-electron chi connectivity index (χ4n) is 1.52. The van der Waals surface area contributed by atoms with Crippen LogP contribution in [0.1, 0.15) is 13.8 Å². The van der Waals surface area contributed by atoms with Crippen LogP contribution in [0.25, 0.3) is 0 Å². The van der Waals surface area contributed by atoms with Crippen LogP contribution in [0.4, 0.5) is 5.69 Å². The molecule has 1 aromatic rings. The molecule has 2 rings (SSSR count). The first kappa shape index (κ1) is 12.3. The van der Waals surface area contributed by atoms with Crippen molar-refractivity contribution in [1.29, 1.82) is 0 Å². The van der Waals surface area contributed by atoms with E-state index in [0.717, 1.165) is 4.47 Å². The molecule has 0 radical (unpaired) electrons. The van der Waals surface area contributed by atoms with E-state index >= 15 is 0 Å². The summed E-state index contributed by atoms with van der Waals surface area (Å²) in [5.41, 5.74) is -0.604. The van der Waals surface area contributed by atoms with Crippen molar-refractivity contribution in [3.05, 3.63) is 32.8 Å². The van der Waals surface area contributed by atoms with Gasteiger partial charge >= 0.3 is 5.69 Å². The fourth-order valence-corrected chi connectivity index (χ4v) is 1.86. The Morgan fingerprint density at radius 1 is 1.59 bits per heavy atom. The maximum atomic E-state index is 10.9. The number of rotatable bonds is 4. The van der Waals surface area contributed by atoms with Gasteiger partial charge in [0.15, 0.2) is 5.75 Å².